The Balaban J connectivity index is 2.26. The van der Waals surface area contributed by atoms with Gasteiger partial charge in [-0.05, 0) is 37.5 Å². The predicted octanol–water partition coefficient (Wildman–Crippen LogP) is 4.17. The molecular formula is C24H34N4O4. The minimum atomic E-state index is -0.490. The van der Waals surface area contributed by atoms with Crippen LogP contribution in [0.25, 0.3) is 0 Å². The fourth-order valence-electron chi connectivity index (χ4n) is 3.54. The summed E-state index contributed by atoms with van der Waals surface area (Å²) in [5, 5.41) is 11.3. The summed E-state index contributed by atoms with van der Waals surface area (Å²) < 4.78 is 1.98. The summed E-state index contributed by atoms with van der Waals surface area (Å²) in [6.45, 7) is 9.07. The Morgan fingerprint density at radius 1 is 1.19 bits per heavy atom. The molecule has 0 fully saturated rings. The highest BCUT2D eigenvalue weighted by atomic mass is 16.6. The first-order chi connectivity index (χ1) is 15.1. The van der Waals surface area contributed by atoms with Crippen molar-refractivity contribution in [2.45, 2.75) is 47.1 Å². The number of carbonyl (C=O) groups is 2. The van der Waals surface area contributed by atoms with Gasteiger partial charge in [-0.2, -0.15) is 0 Å². The van der Waals surface area contributed by atoms with Crippen molar-refractivity contribution in [2.75, 3.05) is 19.6 Å². The molecule has 0 atom stereocenters. The number of aryl methyl sites for hydroxylation is 2. The monoisotopic (exact) mass is 442 g/mol. The van der Waals surface area contributed by atoms with Crippen molar-refractivity contribution in [3.05, 3.63) is 63.5 Å². The summed E-state index contributed by atoms with van der Waals surface area (Å²) in [5.41, 5.74) is 1.63. The third-order valence-electron chi connectivity index (χ3n) is 5.39. The van der Waals surface area contributed by atoms with Gasteiger partial charge in [-0.25, -0.2) is 0 Å². The average molecular weight is 443 g/mol. The van der Waals surface area contributed by atoms with E-state index in [4.69, 9.17) is 0 Å². The van der Waals surface area contributed by atoms with Gasteiger partial charge in [0.15, 0.2) is 0 Å². The van der Waals surface area contributed by atoms with Gasteiger partial charge in [-0.1, -0.05) is 33.3 Å². The van der Waals surface area contributed by atoms with E-state index in [-0.39, 0.29) is 35.5 Å². The van der Waals surface area contributed by atoms with E-state index in [9.17, 15) is 19.7 Å². The first kappa shape index (κ1) is 25.1. The van der Waals surface area contributed by atoms with E-state index in [1.807, 2.05) is 43.8 Å². The van der Waals surface area contributed by atoms with Crippen LogP contribution in [-0.2, 0) is 18.4 Å². The van der Waals surface area contributed by atoms with Crippen LogP contribution in [0, 0.1) is 23.0 Å². The summed E-state index contributed by atoms with van der Waals surface area (Å²) in [4.78, 5) is 40.6. The van der Waals surface area contributed by atoms with Crippen molar-refractivity contribution in [2.24, 2.45) is 13.0 Å². The van der Waals surface area contributed by atoms with Crippen molar-refractivity contribution in [3.8, 4) is 0 Å². The fourth-order valence-corrected chi connectivity index (χ4v) is 3.54. The van der Waals surface area contributed by atoms with Gasteiger partial charge in [0.1, 0.15) is 6.54 Å². The molecule has 2 aromatic rings. The molecule has 32 heavy (non-hydrogen) atoms. The zero-order chi connectivity index (χ0) is 23.8. The van der Waals surface area contributed by atoms with E-state index in [0.29, 0.717) is 25.2 Å². The number of unbranched alkanes of at least 4 members (excludes halogenated alkanes) is 1. The van der Waals surface area contributed by atoms with E-state index in [2.05, 4.69) is 6.92 Å². The van der Waals surface area contributed by atoms with Crippen LogP contribution >= 0.6 is 0 Å². The molecule has 0 aliphatic carbocycles. The lowest BCUT2D eigenvalue weighted by molar-refractivity contribution is -0.385. The van der Waals surface area contributed by atoms with Gasteiger partial charge in [0.2, 0.25) is 5.91 Å². The van der Waals surface area contributed by atoms with Crippen LogP contribution in [0.15, 0.2) is 36.5 Å². The molecule has 0 unspecified atom stereocenters. The molecule has 0 saturated carbocycles. The van der Waals surface area contributed by atoms with Crippen molar-refractivity contribution in [3.63, 3.8) is 0 Å². The maximum Gasteiger partial charge on any atom is 0.273 e. The predicted molar refractivity (Wildman–Crippen MR) is 124 cm³/mol. The Morgan fingerprint density at radius 2 is 1.91 bits per heavy atom. The molecule has 1 heterocycles. The van der Waals surface area contributed by atoms with E-state index in [1.165, 1.54) is 11.0 Å². The molecule has 2 amide bonds. The lowest BCUT2D eigenvalue weighted by Crippen LogP contribution is -2.44. The maximum absolute atomic E-state index is 13.3. The van der Waals surface area contributed by atoms with Crippen LogP contribution in [0.2, 0.25) is 0 Å². The van der Waals surface area contributed by atoms with Crippen LogP contribution in [0.1, 0.15) is 55.2 Å². The highest BCUT2D eigenvalue weighted by Gasteiger charge is 2.25. The Hall–Kier alpha value is -3.16. The molecule has 2 rings (SSSR count). The van der Waals surface area contributed by atoms with Crippen LogP contribution < -0.4 is 0 Å². The number of nitrogens with zero attached hydrogens (tertiary/aromatic N) is 4. The van der Waals surface area contributed by atoms with Gasteiger partial charge in [0.25, 0.3) is 11.6 Å². The molecule has 1 aromatic heterocycles. The Labute approximate surface area is 190 Å². The molecule has 0 saturated heterocycles. The van der Waals surface area contributed by atoms with Crippen LogP contribution in [0.4, 0.5) is 5.69 Å². The second kappa shape index (κ2) is 11.5. The molecule has 0 aliphatic heterocycles. The fraction of sp³-hybridized carbons (Fsp3) is 0.500. The number of hydrogen-bond donors (Lipinski definition) is 0. The van der Waals surface area contributed by atoms with Crippen molar-refractivity contribution >= 4 is 17.5 Å². The Kier molecular flexibility index (Phi) is 8.99. The second-order valence-corrected chi connectivity index (χ2v) is 8.62. The zero-order valence-corrected chi connectivity index (χ0v) is 19.7. The standard InChI is InChI=1S/C24H34N4O4/c1-6-7-13-26(16-21-9-8-12-25(21)5)23(29)17-27(15-18(2)3)24(30)20-11-10-19(4)22(14-20)28(31)32/h8-12,14,18H,6-7,13,15-17H2,1-5H3. The molecule has 0 spiro atoms. The molecule has 0 N–H and O–H groups in total. The van der Waals surface area contributed by atoms with E-state index in [1.54, 1.807) is 24.0 Å². The van der Waals surface area contributed by atoms with Crippen LogP contribution in [0.5, 0.6) is 0 Å². The normalized spacial score (nSPS) is 10.9. The van der Waals surface area contributed by atoms with E-state index >= 15 is 0 Å². The van der Waals surface area contributed by atoms with Crippen molar-refractivity contribution < 1.29 is 14.5 Å². The summed E-state index contributed by atoms with van der Waals surface area (Å²) in [7, 11) is 1.94. The van der Waals surface area contributed by atoms with Crippen LogP contribution in [0.3, 0.4) is 0 Å². The van der Waals surface area contributed by atoms with Gasteiger partial charge in [0, 0.05) is 49.2 Å². The number of rotatable bonds is 11. The van der Waals surface area contributed by atoms with Gasteiger partial charge in [-0.15, -0.1) is 0 Å². The lowest BCUT2D eigenvalue weighted by Gasteiger charge is -2.29. The van der Waals surface area contributed by atoms with Gasteiger partial charge in [-0.3, -0.25) is 19.7 Å². The minimum absolute atomic E-state index is 0.0627. The first-order valence-electron chi connectivity index (χ1n) is 11.1. The molecule has 0 radical (unpaired) electrons. The molecular weight excluding hydrogens is 408 g/mol. The summed E-state index contributed by atoms with van der Waals surface area (Å²) in [6.07, 6.45) is 3.77. The topological polar surface area (TPSA) is 88.7 Å². The first-order valence-corrected chi connectivity index (χ1v) is 11.1. The molecule has 8 nitrogen and oxygen atoms in total. The zero-order valence-electron chi connectivity index (χ0n) is 19.7. The van der Waals surface area contributed by atoms with Crippen LogP contribution in [-0.4, -0.2) is 50.7 Å². The largest absolute Gasteiger partial charge is 0.353 e. The molecule has 0 aliphatic rings. The van der Waals surface area contributed by atoms with Gasteiger partial charge in [0.05, 0.1) is 11.5 Å². The number of amides is 2. The average Bonchev–Trinajstić information content (AvgIpc) is 3.14. The van der Waals surface area contributed by atoms with E-state index in [0.717, 1.165) is 18.5 Å². The molecule has 0 bridgehead atoms. The number of carbonyl (C=O) groups excluding carboxylic acids is 2. The Morgan fingerprint density at radius 3 is 2.47 bits per heavy atom. The Bertz CT molecular complexity index is 951. The number of hydrogen-bond acceptors (Lipinski definition) is 4. The summed E-state index contributed by atoms with van der Waals surface area (Å²) in [5.74, 6) is -0.358. The minimum Gasteiger partial charge on any atom is -0.353 e. The van der Waals surface area contributed by atoms with E-state index < -0.39 is 4.92 Å². The third kappa shape index (κ3) is 6.67. The molecule has 1 aromatic carbocycles. The molecule has 174 valence electrons. The summed E-state index contributed by atoms with van der Waals surface area (Å²) in [6, 6.07) is 8.38. The number of nitro benzene ring substituents is 1. The third-order valence-corrected chi connectivity index (χ3v) is 5.39. The maximum atomic E-state index is 13.3. The number of aromatic nitrogens is 1. The number of benzene rings is 1. The quantitative estimate of drug-likeness (QED) is 0.386. The highest BCUT2D eigenvalue weighted by Crippen LogP contribution is 2.21. The summed E-state index contributed by atoms with van der Waals surface area (Å²) >= 11 is 0. The van der Waals surface area contributed by atoms with Crippen molar-refractivity contribution in [1.82, 2.24) is 14.4 Å². The lowest BCUT2D eigenvalue weighted by atomic mass is 10.1. The second-order valence-electron chi connectivity index (χ2n) is 8.62. The van der Waals surface area contributed by atoms with Gasteiger partial charge >= 0.3 is 0 Å². The number of nitro groups is 1. The smallest absolute Gasteiger partial charge is 0.273 e. The highest BCUT2D eigenvalue weighted by molar-refractivity contribution is 5.97. The van der Waals surface area contributed by atoms with Gasteiger partial charge < -0.3 is 14.4 Å². The van der Waals surface area contributed by atoms with Crippen molar-refractivity contribution in [1.29, 1.82) is 0 Å². The molecule has 8 heteroatoms. The SMILES string of the molecule is CCCCN(Cc1cccn1C)C(=O)CN(CC(C)C)C(=O)c1ccc(C)c([N+](=O)[O-])c1.